The molecule has 1 heterocycles. The summed E-state index contributed by atoms with van der Waals surface area (Å²) >= 11 is 0. The number of urea groups is 1. The second-order valence-corrected chi connectivity index (χ2v) is 5.18. The monoisotopic (exact) mass is 334 g/mol. The van der Waals surface area contributed by atoms with Gasteiger partial charge in [-0.3, -0.25) is 0 Å². The minimum atomic E-state index is -0.579. The zero-order valence-electron chi connectivity index (χ0n) is 14.0. The van der Waals surface area contributed by atoms with E-state index in [2.05, 4.69) is 10.6 Å². The molecule has 1 aliphatic rings. The number of hydrogen-bond donors (Lipinski definition) is 2. The standard InChI is InChI=1S/C17H22N2O5/c1-4-23-9-10-24-16(20)14-11(2)18-17(21)19-15(14)12-5-7-13(22-3)8-6-12/h5-8,15H,4,9-10H2,1-3H3,(H2,18,19,21)/t15-/m1/s1. The van der Waals surface area contributed by atoms with Crippen LogP contribution in [0.4, 0.5) is 4.79 Å². The van der Waals surface area contributed by atoms with Gasteiger partial charge in [0.05, 0.1) is 25.3 Å². The molecule has 0 saturated carbocycles. The predicted octanol–water partition coefficient (Wildman–Crippen LogP) is 1.90. The van der Waals surface area contributed by atoms with Crippen molar-refractivity contribution in [2.45, 2.75) is 19.9 Å². The van der Waals surface area contributed by atoms with Gasteiger partial charge in [-0.25, -0.2) is 9.59 Å². The molecule has 0 radical (unpaired) electrons. The van der Waals surface area contributed by atoms with Gasteiger partial charge in [-0.05, 0) is 31.5 Å². The van der Waals surface area contributed by atoms with Crippen molar-refractivity contribution in [3.05, 3.63) is 41.1 Å². The van der Waals surface area contributed by atoms with Gasteiger partial charge in [0.2, 0.25) is 0 Å². The highest BCUT2D eigenvalue weighted by molar-refractivity contribution is 5.95. The smallest absolute Gasteiger partial charge is 0.338 e. The largest absolute Gasteiger partial charge is 0.497 e. The number of nitrogens with one attached hydrogen (secondary N) is 2. The average molecular weight is 334 g/mol. The molecule has 0 unspecified atom stereocenters. The fourth-order valence-electron chi connectivity index (χ4n) is 2.43. The summed E-state index contributed by atoms with van der Waals surface area (Å²) in [6.07, 6.45) is 0. The average Bonchev–Trinajstić information content (AvgIpc) is 2.58. The molecule has 2 amide bonds. The Morgan fingerprint density at radius 2 is 1.92 bits per heavy atom. The summed E-state index contributed by atoms with van der Waals surface area (Å²) in [5.74, 6) is 0.209. The third-order valence-electron chi connectivity index (χ3n) is 3.60. The van der Waals surface area contributed by atoms with E-state index in [4.69, 9.17) is 14.2 Å². The van der Waals surface area contributed by atoms with Gasteiger partial charge in [0.25, 0.3) is 0 Å². The second kappa shape index (κ2) is 8.35. The summed E-state index contributed by atoms with van der Waals surface area (Å²) in [6, 6.07) is 6.21. The number of carbonyl (C=O) groups is 2. The van der Waals surface area contributed by atoms with E-state index in [9.17, 15) is 9.59 Å². The first-order valence-corrected chi connectivity index (χ1v) is 7.74. The minimum Gasteiger partial charge on any atom is -0.497 e. The summed E-state index contributed by atoms with van der Waals surface area (Å²) in [5, 5.41) is 5.36. The maximum absolute atomic E-state index is 12.4. The summed E-state index contributed by atoms with van der Waals surface area (Å²) in [7, 11) is 1.58. The Balaban J connectivity index is 2.21. The fraction of sp³-hybridized carbons (Fsp3) is 0.412. The van der Waals surface area contributed by atoms with Gasteiger partial charge in [-0.15, -0.1) is 0 Å². The molecule has 130 valence electrons. The van der Waals surface area contributed by atoms with Gasteiger partial charge < -0.3 is 24.8 Å². The van der Waals surface area contributed by atoms with Gasteiger partial charge in [-0.2, -0.15) is 0 Å². The van der Waals surface area contributed by atoms with Crippen LogP contribution in [0.1, 0.15) is 25.5 Å². The van der Waals surface area contributed by atoms with E-state index >= 15 is 0 Å². The third kappa shape index (κ3) is 4.26. The third-order valence-corrected chi connectivity index (χ3v) is 3.60. The quantitative estimate of drug-likeness (QED) is 0.587. The number of methoxy groups -OCH3 is 1. The zero-order valence-corrected chi connectivity index (χ0v) is 14.0. The molecule has 1 aromatic carbocycles. The number of hydrogen-bond acceptors (Lipinski definition) is 5. The lowest BCUT2D eigenvalue weighted by Gasteiger charge is -2.28. The number of ether oxygens (including phenoxy) is 3. The number of esters is 1. The van der Waals surface area contributed by atoms with Crippen LogP contribution in [0.15, 0.2) is 35.5 Å². The maximum Gasteiger partial charge on any atom is 0.338 e. The lowest BCUT2D eigenvalue weighted by Crippen LogP contribution is -2.45. The first-order chi connectivity index (χ1) is 11.6. The Morgan fingerprint density at radius 1 is 1.21 bits per heavy atom. The molecule has 0 spiro atoms. The molecule has 0 bridgehead atoms. The van der Waals surface area contributed by atoms with Gasteiger partial charge in [0, 0.05) is 12.3 Å². The van der Waals surface area contributed by atoms with Crippen LogP contribution in [0.5, 0.6) is 5.75 Å². The number of benzene rings is 1. The highest BCUT2D eigenvalue weighted by Gasteiger charge is 2.32. The van der Waals surface area contributed by atoms with Crippen LogP contribution >= 0.6 is 0 Å². The van der Waals surface area contributed by atoms with E-state index in [1.807, 2.05) is 6.92 Å². The molecule has 0 fully saturated rings. The van der Waals surface area contributed by atoms with Gasteiger partial charge in [0.15, 0.2) is 0 Å². The van der Waals surface area contributed by atoms with Crippen LogP contribution in [-0.2, 0) is 14.3 Å². The first-order valence-electron chi connectivity index (χ1n) is 7.74. The van der Waals surface area contributed by atoms with Crippen LogP contribution in [0.3, 0.4) is 0 Å². The summed E-state index contributed by atoms with van der Waals surface area (Å²) < 4.78 is 15.5. The van der Waals surface area contributed by atoms with Gasteiger partial charge in [0.1, 0.15) is 12.4 Å². The van der Waals surface area contributed by atoms with E-state index in [0.717, 1.165) is 5.56 Å². The molecule has 24 heavy (non-hydrogen) atoms. The predicted molar refractivity (Wildman–Crippen MR) is 87.6 cm³/mol. The molecule has 7 nitrogen and oxygen atoms in total. The van der Waals surface area contributed by atoms with Crippen LogP contribution in [-0.4, -0.2) is 38.9 Å². The Morgan fingerprint density at radius 3 is 2.54 bits per heavy atom. The number of carbonyl (C=O) groups excluding carboxylic acids is 2. The summed E-state index contributed by atoms with van der Waals surface area (Å²) in [5.41, 5.74) is 1.61. The van der Waals surface area contributed by atoms with Crippen LogP contribution < -0.4 is 15.4 Å². The Labute approximate surface area is 141 Å². The highest BCUT2D eigenvalue weighted by Crippen LogP contribution is 2.28. The van der Waals surface area contributed by atoms with Gasteiger partial charge in [-0.1, -0.05) is 12.1 Å². The maximum atomic E-state index is 12.4. The van der Waals surface area contributed by atoms with Crippen molar-refractivity contribution in [3.8, 4) is 5.75 Å². The van der Waals surface area contributed by atoms with Crippen LogP contribution in [0.25, 0.3) is 0 Å². The zero-order chi connectivity index (χ0) is 17.5. The van der Waals surface area contributed by atoms with Crippen molar-refractivity contribution in [3.63, 3.8) is 0 Å². The molecular formula is C17H22N2O5. The molecule has 1 atom stereocenters. The Bertz CT molecular complexity index is 624. The molecule has 0 saturated heterocycles. The summed E-state index contributed by atoms with van der Waals surface area (Å²) in [6.45, 7) is 4.60. The van der Waals surface area contributed by atoms with Gasteiger partial charge >= 0.3 is 12.0 Å². The highest BCUT2D eigenvalue weighted by atomic mass is 16.6. The minimum absolute atomic E-state index is 0.159. The van der Waals surface area contributed by atoms with Crippen molar-refractivity contribution in [1.29, 1.82) is 0 Å². The fourth-order valence-corrected chi connectivity index (χ4v) is 2.43. The second-order valence-electron chi connectivity index (χ2n) is 5.18. The first kappa shape index (κ1) is 17.8. The molecule has 1 aliphatic heterocycles. The van der Waals surface area contributed by atoms with Crippen molar-refractivity contribution in [1.82, 2.24) is 10.6 Å². The van der Waals surface area contributed by atoms with E-state index < -0.39 is 12.0 Å². The van der Waals surface area contributed by atoms with Crippen molar-refractivity contribution in [2.75, 3.05) is 26.9 Å². The Kier molecular flexibility index (Phi) is 6.20. The van der Waals surface area contributed by atoms with E-state index in [1.54, 1.807) is 38.3 Å². The molecule has 1 aromatic rings. The number of rotatable bonds is 7. The summed E-state index contributed by atoms with van der Waals surface area (Å²) in [4.78, 5) is 24.2. The molecule has 0 aliphatic carbocycles. The molecule has 2 rings (SSSR count). The number of allylic oxidation sites excluding steroid dienone is 1. The molecular weight excluding hydrogens is 312 g/mol. The van der Waals surface area contributed by atoms with Crippen molar-refractivity contribution in [2.24, 2.45) is 0 Å². The van der Waals surface area contributed by atoms with Crippen LogP contribution in [0.2, 0.25) is 0 Å². The topological polar surface area (TPSA) is 85.9 Å². The number of amides is 2. The van der Waals surface area contributed by atoms with Crippen molar-refractivity contribution >= 4 is 12.0 Å². The van der Waals surface area contributed by atoms with E-state index in [1.165, 1.54) is 0 Å². The van der Waals surface area contributed by atoms with Crippen LogP contribution in [0, 0.1) is 0 Å². The SMILES string of the molecule is CCOCCOC(=O)C1=C(C)NC(=O)N[C@@H]1c1ccc(OC)cc1. The normalized spacial score (nSPS) is 17.1. The lowest BCUT2D eigenvalue weighted by atomic mass is 9.95. The Hall–Kier alpha value is -2.54. The lowest BCUT2D eigenvalue weighted by molar-refractivity contribution is -0.141. The van der Waals surface area contributed by atoms with Crippen molar-refractivity contribution < 1.29 is 23.8 Å². The molecule has 0 aromatic heterocycles. The molecule has 7 heteroatoms. The molecule has 2 N–H and O–H groups in total. The van der Waals surface area contributed by atoms with E-state index in [0.29, 0.717) is 30.2 Å². The van der Waals surface area contributed by atoms with E-state index in [-0.39, 0.29) is 12.6 Å².